The van der Waals surface area contributed by atoms with Crippen molar-refractivity contribution in [2.45, 2.75) is 12.2 Å². The number of nitrogens with zero attached hydrogens (tertiary/aromatic N) is 2. The number of benzene rings is 2. The predicted molar refractivity (Wildman–Crippen MR) is 124 cm³/mol. The highest BCUT2D eigenvalue weighted by Crippen LogP contribution is 2.18. The molecule has 0 bridgehead atoms. The smallest absolute Gasteiger partial charge is 0.351 e. The van der Waals surface area contributed by atoms with Crippen molar-refractivity contribution in [3.63, 3.8) is 0 Å². The number of anilines is 2. The van der Waals surface area contributed by atoms with Gasteiger partial charge >= 0.3 is 23.9 Å². The lowest BCUT2D eigenvalue weighted by Crippen LogP contribution is -2.47. The number of carbonyl (C=O) groups is 4. The third-order valence-electron chi connectivity index (χ3n) is 4.85. The van der Waals surface area contributed by atoms with E-state index in [1.54, 1.807) is 24.3 Å². The highest BCUT2D eigenvalue weighted by Gasteiger charge is 2.42. The minimum absolute atomic E-state index is 0.119. The van der Waals surface area contributed by atoms with E-state index < -0.39 is 36.1 Å². The van der Waals surface area contributed by atoms with Crippen LogP contribution < -0.4 is 9.80 Å². The Kier molecular flexibility index (Phi) is 9.00. The Morgan fingerprint density at radius 1 is 0.588 bits per heavy atom. The fourth-order valence-electron chi connectivity index (χ4n) is 2.86. The van der Waals surface area contributed by atoms with Gasteiger partial charge in [-0.1, -0.05) is 0 Å². The second-order valence-corrected chi connectivity index (χ2v) is 7.58. The Morgan fingerprint density at radius 3 is 1.12 bits per heavy atom. The van der Waals surface area contributed by atoms with Crippen molar-refractivity contribution >= 4 is 35.3 Å². The summed E-state index contributed by atoms with van der Waals surface area (Å²) in [5, 5.41) is 0. The minimum atomic E-state index is -1.89. The molecule has 2 rings (SSSR count). The Labute approximate surface area is 197 Å². The zero-order valence-electron chi connectivity index (χ0n) is 19.9. The highest BCUT2D eigenvalue weighted by atomic mass is 16.6. The summed E-state index contributed by atoms with van der Waals surface area (Å²) in [6, 6.07) is 12.7. The normalized spacial score (nSPS) is 12.1. The van der Waals surface area contributed by atoms with Crippen molar-refractivity contribution in [2.24, 2.45) is 0 Å². The molecule has 10 nitrogen and oxygen atoms in total. The van der Waals surface area contributed by atoms with E-state index in [1.165, 1.54) is 24.3 Å². The SMILES string of the molecule is COC(=O)[C@@H](OC(=O)c1ccc(N(C)C)cc1)[C@H](OC(=O)c1ccc(N(C)C)cc1)C(=O)OC. The second kappa shape index (κ2) is 11.7. The average Bonchev–Trinajstić information content (AvgIpc) is 2.84. The lowest BCUT2D eigenvalue weighted by Gasteiger charge is -2.23. The molecule has 2 aromatic carbocycles. The van der Waals surface area contributed by atoms with Crippen LogP contribution in [0.2, 0.25) is 0 Å². The van der Waals surface area contributed by atoms with Gasteiger partial charge in [-0.15, -0.1) is 0 Å². The van der Waals surface area contributed by atoms with Gasteiger partial charge < -0.3 is 28.7 Å². The maximum Gasteiger partial charge on any atom is 0.351 e. The first-order valence-electron chi connectivity index (χ1n) is 10.2. The van der Waals surface area contributed by atoms with Gasteiger partial charge in [-0.05, 0) is 48.5 Å². The number of ether oxygens (including phenoxy) is 4. The number of esters is 4. The molecule has 0 unspecified atom stereocenters. The average molecular weight is 472 g/mol. The van der Waals surface area contributed by atoms with Crippen LogP contribution in [0.4, 0.5) is 11.4 Å². The molecule has 0 radical (unpaired) electrons. The van der Waals surface area contributed by atoms with E-state index in [-0.39, 0.29) is 11.1 Å². The van der Waals surface area contributed by atoms with Gasteiger partial charge in [0.05, 0.1) is 25.3 Å². The molecule has 0 aromatic heterocycles. The van der Waals surface area contributed by atoms with Crippen LogP contribution in [0.3, 0.4) is 0 Å². The standard InChI is InChI=1S/C24H28N2O8/c1-25(2)17-11-7-15(8-12-17)21(27)33-19(23(29)31-5)20(24(30)32-6)34-22(28)16-9-13-18(14-10-16)26(3)4/h7-14,19-20H,1-6H3/t19-,20-/m0/s1. The fraction of sp³-hybridized carbons (Fsp3) is 0.333. The zero-order valence-corrected chi connectivity index (χ0v) is 19.9. The molecule has 0 aliphatic heterocycles. The van der Waals surface area contributed by atoms with Crippen LogP contribution in [0.15, 0.2) is 48.5 Å². The van der Waals surface area contributed by atoms with Gasteiger partial charge in [0.25, 0.3) is 0 Å². The van der Waals surface area contributed by atoms with Gasteiger partial charge in [0.2, 0.25) is 12.2 Å². The molecule has 0 fully saturated rings. The van der Waals surface area contributed by atoms with E-state index in [2.05, 4.69) is 9.47 Å². The summed E-state index contributed by atoms with van der Waals surface area (Å²) in [5.74, 6) is -4.02. The molecule has 0 saturated heterocycles. The summed E-state index contributed by atoms with van der Waals surface area (Å²) >= 11 is 0. The molecule has 0 aliphatic carbocycles. The third-order valence-corrected chi connectivity index (χ3v) is 4.85. The number of methoxy groups -OCH3 is 2. The lowest BCUT2D eigenvalue weighted by atomic mass is 10.1. The Bertz CT molecular complexity index is 933. The predicted octanol–water partition coefficient (Wildman–Crippen LogP) is 1.92. The molecular formula is C24H28N2O8. The maximum absolute atomic E-state index is 12.7. The minimum Gasteiger partial charge on any atom is -0.466 e. The molecule has 10 heteroatoms. The third kappa shape index (κ3) is 6.47. The van der Waals surface area contributed by atoms with Crippen LogP contribution in [-0.4, -0.2) is 78.5 Å². The number of hydrogen-bond donors (Lipinski definition) is 0. The Balaban J connectivity index is 2.29. The van der Waals surface area contributed by atoms with Gasteiger partial charge in [0, 0.05) is 39.6 Å². The van der Waals surface area contributed by atoms with E-state index in [0.29, 0.717) is 0 Å². The Morgan fingerprint density at radius 2 is 0.882 bits per heavy atom. The number of carbonyl (C=O) groups excluding carboxylic acids is 4. The monoisotopic (exact) mass is 472 g/mol. The summed E-state index contributed by atoms with van der Waals surface area (Å²) in [6.07, 6.45) is -3.77. The summed E-state index contributed by atoms with van der Waals surface area (Å²) < 4.78 is 19.9. The number of rotatable bonds is 9. The topological polar surface area (TPSA) is 112 Å². The van der Waals surface area contributed by atoms with Gasteiger partial charge in [-0.3, -0.25) is 0 Å². The van der Waals surface area contributed by atoms with Crippen molar-refractivity contribution < 1.29 is 38.1 Å². The van der Waals surface area contributed by atoms with E-state index >= 15 is 0 Å². The van der Waals surface area contributed by atoms with Gasteiger partial charge in [0.15, 0.2) is 0 Å². The quantitative estimate of drug-likeness (QED) is 0.396. The molecule has 0 N–H and O–H groups in total. The molecule has 0 saturated carbocycles. The zero-order chi connectivity index (χ0) is 25.4. The van der Waals surface area contributed by atoms with Crippen molar-refractivity contribution in [3.8, 4) is 0 Å². The molecule has 0 aliphatic rings. The van der Waals surface area contributed by atoms with Gasteiger partial charge in [0.1, 0.15) is 0 Å². The highest BCUT2D eigenvalue weighted by molar-refractivity contribution is 5.96. The van der Waals surface area contributed by atoms with Crippen LogP contribution in [-0.2, 0) is 28.5 Å². The van der Waals surface area contributed by atoms with E-state index in [0.717, 1.165) is 25.6 Å². The van der Waals surface area contributed by atoms with Crippen molar-refractivity contribution in [2.75, 3.05) is 52.2 Å². The summed E-state index contributed by atoms with van der Waals surface area (Å²) in [5.41, 5.74) is 1.91. The largest absolute Gasteiger partial charge is 0.466 e. The number of hydrogen-bond acceptors (Lipinski definition) is 10. The van der Waals surface area contributed by atoms with Crippen LogP contribution in [0.5, 0.6) is 0 Å². The second-order valence-electron chi connectivity index (χ2n) is 7.58. The molecule has 0 heterocycles. The van der Waals surface area contributed by atoms with Gasteiger partial charge in [-0.2, -0.15) is 0 Å². The molecule has 0 amide bonds. The first-order chi connectivity index (χ1) is 16.1. The molecular weight excluding hydrogens is 444 g/mol. The van der Waals surface area contributed by atoms with Crippen molar-refractivity contribution in [1.29, 1.82) is 0 Å². The van der Waals surface area contributed by atoms with Crippen molar-refractivity contribution in [3.05, 3.63) is 59.7 Å². The van der Waals surface area contributed by atoms with Crippen molar-refractivity contribution in [1.82, 2.24) is 0 Å². The van der Waals surface area contributed by atoms with E-state index in [9.17, 15) is 19.2 Å². The van der Waals surface area contributed by atoms with E-state index in [4.69, 9.17) is 9.47 Å². The molecule has 2 atom stereocenters. The molecule has 2 aromatic rings. The van der Waals surface area contributed by atoms with E-state index in [1.807, 2.05) is 38.0 Å². The Hall–Kier alpha value is -4.08. The summed E-state index contributed by atoms with van der Waals surface area (Å²) in [4.78, 5) is 53.9. The molecule has 34 heavy (non-hydrogen) atoms. The molecule has 182 valence electrons. The van der Waals surface area contributed by atoms with Crippen LogP contribution in [0, 0.1) is 0 Å². The summed E-state index contributed by atoms with van der Waals surface area (Å²) in [6.45, 7) is 0. The first kappa shape index (κ1) is 26.2. The van der Waals surface area contributed by atoms with Gasteiger partial charge in [-0.25, -0.2) is 19.2 Å². The van der Waals surface area contributed by atoms with Crippen LogP contribution >= 0.6 is 0 Å². The van der Waals surface area contributed by atoms with Crippen LogP contribution in [0.1, 0.15) is 20.7 Å². The molecule has 0 spiro atoms. The maximum atomic E-state index is 12.7. The summed E-state index contributed by atoms with van der Waals surface area (Å²) in [7, 11) is 9.44. The fourth-order valence-corrected chi connectivity index (χ4v) is 2.86. The first-order valence-corrected chi connectivity index (χ1v) is 10.2. The lowest BCUT2D eigenvalue weighted by molar-refractivity contribution is -0.170. The van der Waals surface area contributed by atoms with Crippen LogP contribution in [0.25, 0.3) is 0 Å².